The van der Waals surface area contributed by atoms with Crippen LogP contribution in [0.5, 0.6) is 5.75 Å². The Morgan fingerprint density at radius 2 is 1.83 bits per heavy atom. The largest absolute Gasteiger partial charge is 0.496 e. The van der Waals surface area contributed by atoms with Gasteiger partial charge in [-0.15, -0.1) is 0 Å². The van der Waals surface area contributed by atoms with Crippen LogP contribution in [0.3, 0.4) is 0 Å². The van der Waals surface area contributed by atoms with E-state index in [1.807, 2.05) is 26.0 Å². The first kappa shape index (κ1) is 18.0. The number of ether oxygens (including phenoxy) is 2. The van der Waals surface area contributed by atoms with Gasteiger partial charge in [0.1, 0.15) is 11.3 Å². The summed E-state index contributed by atoms with van der Waals surface area (Å²) in [6, 6.07) is 10.5. The van der Waals surface area contributed by atoms with Gasteiger partial charge in [-0.1, -0.05) is 28.1 Å². The number of benzene rings is 2. The summed E-state index contributed by atoms with van der Waals surface area (Å²) < 4.78 is 11.1. The lowest BCUT2D eigenvalue weighted by Crippen LogP contribution is -2.21. The fraction of sp³-hybridized carbons (Fsp3) is 0.222. The Kier molecular flexibility index (Phi) is 5.98. The summed E-state index contributed by atoms with van der Waals surface area (Å²) in [4.78, 5) is 24.1. The van der Waals surface area contributed by atoms with E-state index in [9.17, 15) is 9.59 Å². The van der Waals surface area contributed by atoms with E-state index >= 15 is 0 Å². The normalized spacial score (nSPS) is 10.2. The van der Waals surface area contributed by atoms with Crippen molar-refractivity contribution in [1.82, 2.24) is 0 Å². The van der Waals surface area contributed by atoms with Gasteiger partial charge in [-0.05, 0) is 49.2 Å². The number of nitrogens with one attached hydrogen (secondary N) is 1. The maximum absolute atomic E-state index is 12.1. The summed E-state index contributed by atoms with van der Waals surface area (Å²) in [5.74, 6) is -0.600. The minimum atomic E-state index is -0.605. The molecule has 0 aliphatic heterocycles. The number of hydrogen-bond acceptors (Lipinski definition) is 4. The molecule has 0 aliphatic carbocycles. The smallest absolute Gasteiger partial charge is 0.342 e. The maximum atomic E-state index is 12.1. The summed E-state index contributed by atoms with van der Waals surface area (Å²) >= 11 is 3.44. The number of amides is 1. The van der Waals surface area contributed by atoms with Crippen LogP contribution in [0.25, 0.3) is 0 Å². The second-order valence-corrected chi connectivity index (χ2v) is 6.10. The molecular formula is C18H18BrNO4. The molecule has 0 saturated carbocycles. The van der Waals surface area contributed by atoms with Crippen LogP contribution in [0, 0.1) is 13.8 Å². The second kappa shape index (κ2) is 7.97. The third kappa shape index (κ3) is 4.35. The van der Waals surface area contributed by atoms with E-state index in [0.29, 0.717) is 11.4 Å². The molecule has 6 heteroatoms. The number of para-hydroxylation sites is 1. The van der Waals surface area contributed by atoms with E-state index in [1.165, 1.54) is 7.11 Å². The number of carbonyl (C=O) groups excluding carboxylic acids is 2. The van der Waals surface area contributed by atoms with Crippen LogP contribution in [0.15, 0.2) is 40.9 Å². The molecule has 126 valence electrons. The predicted molar refractivity (Wildman–Crippen MR) is 95.5 cm³/mol. The first-order chi connectivity index (χ1) is 11.4. The van der Waals surface area contributed by atoms with Crippen LogP contribution in [0.2, 0.25) is 0 Å². The molecule has 0 fully saturated rings. The second-order valence-electron chi connectivity index (χ2n) is 5.24. The predicted octanol–water partition coefficient (Wildman–Crippen LogP) is 3.87. The zero-order valence-electron chi connectivity index (χ0n) is 13.7. The minimum Gasteiger partial charge on any atom is -0.496 e. The molecule has 0 unspecified atom stereocenters. The molecule has 0 radical (unpaired) electrons. The van der Waals surface area contributed by atoms with Crippen LogP contribution < -0.4 is 10.1 Å². The molecular weight excluding hydrogens is 374 g/mol. The van der Waals surface area contributed by atoms with Crippen LogP contribution in [0.1, 0.15) is 21.5 Å². The summed E-state index contributed by atoms with van der Waals surface area (Å²) in [5.41, 5.74) is 2.89. The third-order valence-electron chi connectivity index (χ3n) is 3.44. The molecule has 1 N–H and O–H groups in total. The average molecular weight is 392 g/mol. The Morgan fingerprint density at radius 1 is 1.12 bits per heavy atom. The lowest BCUT2D eigenvalue weighted by molar-refractivity contribution is -0.119. The Balaban J connectivity index is 1.98. The van der Waals surface area contributed by atoms with Crippen molar-refractivity contribution in [2.45, 2.75) is 13.8 Å². The fourth-order valence-electron chi connectivity index (χ4n) is 2.12. The Morgan fingerprint density at radius 3 is 2.54 bits per heavy atom. The first-order valence-corrected chi connectivity index (χ1v) is 8.08. The van der Waals surface area contributed by atoms with E-state index < -0.39 is 11.9 Å². The van der Waals surface area contributed by atoms with Crippen molar-refractivity contribution in [1.29, 1.82) is 0 Å². The molecule has 2 rings (SSSR count). The minimum absolute atomic E-state index is 0.281. The van der Waals surface area contributed by atoms with Crippen LogP contribution >= 0.6 is 15.9 Å². The summed E-state index contributed by atoms with van der Waals surface area (Å²) in [7, 11) is 1.47. The molecule has 2 aromatic rings. The average Bonchev–Trinajstić information content (AvgIpc) is 2.57. The molecule has 2 aromatic carbocycles. The Hall–Kier alpha value is -2.34. The van der Waals surface area contributed by atoms with Gasteiger partial charge in [0.25, 0.3) is 5.91 Å². The van der Waals surface area contributed by atoms with Gasteiger partial charge >= 0.3 is 5.97 Å². The van der Waals surface area contributed by atoms with Gasteiger partial charge in [-0.25, -0.2) is 4.79 Å². The number of anilines is 1. The van der Waals surface area contributed by atoms with E-state index in [1.54, 1.807) is 24.3 Å². The highest BCUT2D eigenvalue weighted by Crippen LogP contribution is 2.24. The Labute approximate surface area is 149 Å². The zero-order chi connectivity index (χ0) is 17.7. The molecule has 0 spiro atoms. The topological polar surface area (TPSA) is 64.6 Å². The quantitative estimate of drug-likeness (QED) is 0.785. The number of esters is 1. The van der Waals surface area contributed by atoms with Gasteiger partial charge in [0.15, 0.2) is 6.61 Å². The van der Waals surface area contributed by atoms with Crippen molar-refractivity contribution in [2.24, 2.45) is 0 Å². The first-order valence-electron chi connectivity index (χ1n) is 7.29. The van der Waals surface area contributed by atoms with Gasteiger partial charge in [0, 0.05) is 10.2 Å². The SMILES string of the molecule is COc1ccccc1C(=O)OCC(=O)Nc1cc(C)c(Br)cc1C. The molecule has 0 heterocycles. The standard InChI is InChI=1S/C18H18BrNO4/c1-11-9-15(12(2)8-14(11)19)20-17(21)10-24-18(22)13-6-4-5-7-16(13)23-3/h4-9H,10H2,1-3H3,(H,20,21). The number of methoxy groups -OCH3 is 1. The van der Waals surface area contributed by atoms with Crippen LogP contribution in [0.4, 0.5) is 5.69 Å². The molecule has 24 heavy (non-hydrogen) atoms. The summed E-state index contributed by atoms with van der Waals surface area (Å²) in [6.45, 7) is 3.45. The van der Waals surface area contributed by atoms with Gasteiger partial charge in [0.05, 0.1) is 7.11 Å². The number of hydrogen-bond donors (Lipinski definition) is 1. The molecule has 0 atom stereocenters. The molecule has 0 aromatic heterocycles. The van der Waals surface area contributed by atoms with Crippen molar-refractivity contribution in [3.05, 3.63) is 57.6 Å². The van der Waals surface area contributed by atoms with Gasteiger partial charge in [-0.2, -0.15) is 0 Å². The van der Waals surface area contributed by atoms with Gasteiger partial charge in [-0.3, -0.25) is 4.79 Å². The van der Waals surface area contributed by atoms with E-state index in [-0.39, 0.29) is 12.2 Å². The molecule has 5 nitrogen and oxygen atoms in total. The van der Waals surface area contributed by atoms with Crippen molar-refractivity contribution >= 4 is 33.5 Å². The fourth-order valence-corrected chi connectivity index (χ4v) is 2.58. The van der Waals surface area contributed by atoms with E-state index in [4.69, 9.17) is 9.47 Å². The maximum Gasteiger partial charge on any atom is 0.342 e. The summed E-state index contributed by atoms with van der Waals surface area (Å²) in [5, 5.41) is 2.75. The molecule has 1 amide bonds. The van der Waals surface area contributed by atoms with Crippen molar-refractivity contribution in [3.8, 4) is 5.75 Å². The van der Waals surface area contributed by atoms with E-state index in [0.717, 1.165) is 15.6 Å². The number of rotatable bonds is 5. The molecule has 0 saturated heterocycles. The van der Waals surface area contributed by atoms with Crippen molar-refractivity contribution in [2.75, 3.05) is 19.0 Å². The number of carbonyl (C=O) groups is 2. The molecule has 0 aliphatic rings. The lowest BCUT2D eigenvalue weighted by Gasteiger charge is -2.12. The third-order valence-corrected chi connectivity index (χ3v) is 4.30. The highest BCUT2D eigenvalue weighted by Gasteiger charge is 2.15. The van der Waals surface area contributed by atoms with Crippen molar-refractivity contribution in [3.63, 3.8) is 0 Å². The highest BCUT2D eigenvalue weighted by molar-refractivity contribution is 9.10. The lowest BCUT2D eigenvalue weighted by atomic mass is 10.1. The van der Waals surface area contributed by atoms with Gasteiger partial charge < -0.3 is 14.8 Å². The zero-order valence-corrected chi connectivity index (χ0v) is 15.3. The summed E-state index contributed by atoms with van der Waals surface area (Å²) in [6.07, 6.45) is 0. The van der Waals surface area contributed by atoms with E-state index in [2.05, 4.69) is 21.2 Å². The van der Waals surface area contributed by atoms with Crippen molar-refractivity contribution < 1.29 is 19.1 Å². The highest BCUT2D eigenvalue weighted by atomic mass is 79.9. The monoisotopic (exact) mass is 391 g/mol. The molecule has 0 bridgehead atoms. The number of aryl methyl sites for hydroxylation is 2. The van der Waals surface area contributed by atoms with Crippen LogP contribution in [-0.2, 0) is 9.53 Å². The van der Waals surface area contributed by atoms with Gasteiger partial charge in [0.2, 0.25) is 0 Å². The Bertz CT molecular complexity index is 774. The number of halogens is 1. The van der Waals surface area contributed by atoms with Crippen LogP contribution in [-0.4, -0.2) is 25.6 Å².